The van der Waals surface area contributed by atoms with E-state index in [4.69, 9.17) is 0 Å². The average molecular weight is 295 g/mol. The van der Waals surface area contributed by atoms with E-state index < -0.39 is 0 Å². The van der Waals surface area contributed by atoms with Crippen LogP contribution in [0, 0.1) is 0 Å². The molecule has 0 bridgehead atoms. The van der Waals surface area contributed by atoms with Gasteiger partial charge in [0.15, 0.2) is 0 Å². The Bertz CT molecular complexity index is 453. The first-order chi connectivity index (χ1) is 8.08. The minimum Gasteiger partial charge on any atom is -0.273 e. The molecule has 0 aromatic heterocycles. The summed E-state index contributed by atoms with van der Waals surface area (Å²) < 4.78 is 1.04. The summed E-state index contributed by atoms with van der Waals surface area (Å²) in [5, 5.41) is 5.95. The standard InChI is InChI=1S/C13H15BrN2O/c1-9-3-8-13(17)16(15-9)10(2)11-4-6-12(14)7-5-11/h4-7,10H,3,8H2,1-2H3/t10-/m1/s1. The number of rotatable bonds is 2. The Morgan fingerprint density at radius 2 is 1.94 bits per heavy atom. The van der Waals surface area contributed by atoms with Gasteiger partial charge in [-0.05, 0) is 38.0 Å². The van der Waals surface area contributed by atoms with Crippen LogP contribution in [0.15, 0.2) is 33.8 Å². The fraction of sp³-hybridized carbons (Fsp3) is 0.385. The highest BCUT2D eigenvalue weighted by Crippen LogP contribution is 2.25. The second-order valence-corrected chi connectivity index (χ2v) is 5.22. The highest BCUT2D eigenvalue weighted by molar-refractivity contribution is 9.10. The third-order valence-electron chi connectivity index (χ3n) is 2.95. The molecule has 0 unspecified atom stereocenters. The molecule has 2 rings (SSSR count). The molecule has 1 aliphatic heterocycles. The second kappa shape index (κ2) is 5.00. The molecule has 1 aromatic carbocycles. The van der Waals surface area contributed by atoms with E-state index in [0.29, 0.717) is 6.42 Å². The van der Waals surface area contributed by atoms with Gasteiger partial charge in [-0.2, -0.15) is 5.10 Å². The van der Waals surface area contributed by atoms with Crippen LogP contribution in [0.4, 0.5) is 0 Å². The van der Waals surface area contributed by atoms with E-state index in [-0.39, 0.29) is 11.9 Å². The van der Waals surface area contributed by atoms with Gasteiger partial charge < -0.3 is 0 Å². The van der Waals surface area contributed by atoms with Gasteiger partial charge in [-0.1, -0.05) is 28.1 Å². The Hall–Kier alpha value is -1.16. The summed E-state index contributed by atoms with van der Waals surface area (Å²) in [6.45, 7) is 3.97. The largest absolute Gasteiger partial charge is 0.273 e. The first-order valence-corrected chi connectivity index (χ1v) is 6.49. The van der Waals surface area contributed by atoms with Gasteiger partial charge in [0, 0.05) is 16.6 Å². The molecular weight excluding hydrogens is 280 g/mol. The van der Waals surface area contributed by atoms with E-state index in [1.165, 1.54) is 0 Å². The minimum atomic E-state index is -0.00847. The van der Waals surface area contributed by atoms with E-state index in [1.54, 1.807) is 5.01 Å². The molecule has 17 heavy (non-hydrogen) atoms. The van der Waals surface area contributed by atoms with Crippen molar-refractivity contribution in [1.29, 1.82) is 0 Å². The topological polar surface area (TPSA) is 32.7 Å². The van der Waals surface area contributed by atoms with E-state index in [1.807, 2.05) is 38.1 Å². The fourth-order valence-corrected chi connectivity index (χ4v) is 2.14. The van der Waals surface area contributed by atoms with Gasteiger partial charge in [-0.3, -0.25) is 4.79 Å². The van der Waals surface area contributed by atoms with Crippen molar-refractivity contribution < 1.29 is 4.79 Å². The van der Waals surface area contributed by atoms with Crippen LogP contribution in [-0.4, -0.2) is 16.6 Å². The zero-order valence-corrected chi connectivity index (χ0v) is 11.6. The number of nitrogens with zero attached hydrogens (tertiary/aromatic N) is 2. The van der Waals surface area contributed by atoms with Gasteiger partial charge >= 0.3 is 0 Å². The first-order valence-electron chi connectivity index (χ1n) is 5.69. The third kappa shape index (κ3) is 2.75. The van der Waals surface area contributed by atoms with Crippen LogP contribution in [0.1, 0.15) is 38.3 Å². The quantitative estimate of drug-likeness (QED) is 0.821. The molecule has 3 nitrogen and oxygen atoms in total. The van der Waals surface area contributed by atoms with Crippen LogP contribution < -0.4 is 0 Å². The molecule has 1 heterocycles. The van der Waals surface area contributed by atoms with Crippen molar-refractivity contribution in [3.8, 4) is 0 Å². The number of carbonyl (C=O) groups excluding carboxylic acids is 1. The van der Waals surface area contributed by atoms with Crippen LogP contribution in [0.25, 0.3) is 0 Å². The minimum absolute atomic E-state index is 0.00847. The molecule has 1 aliphatic rings. The van der Waals surface area contributed by atoms with Crippen molar-refractivity contribution >= 4 is 27.5 Å². The van der Waals surface area contributed by atoms with Gasteiger partial charge in [0.25, 0.3) is 0 Å². The first kappa shape index (κ1) is 12.3. The van der Waals surface area contributed by atoms with Crippen LogP contribution in [-0.2, 0) is 4.79 Å². The van der Waals surface area contributed by atoms with Crippen molar-refractivity contribution in [3.05, 3.63) is 34.3 Å². The van der Waals surface area contributed by atoms with Crippen molar-refractivity contribution in [2.75, 3.05) is 0 Å². The molecule has 0 aliphatic carbocycles. The Morgan fingerprint density at radius 3 is 2.59 bits per heavy atom. The summed E-state index contributed by atoms with van der Waals surface area (Å²) in [5.41, 5.74) is 2.12. The van der Waals surface area contributed by atoms with E-state index in [0.717, 1.165) is 22.2 Å². The molecular formula is C13H15BrN2O. The lowest BCUT2D eigenvalue weighted by Crippen LogP contribution is -2.33. The third-order valence-corrected chi connectivity index (χ3v) is 3.48. The van der Waals surface area contributed by atoms with Crippen LogP contribution in [0.2, 0.25) is 0 Å². The highest BCUT2D eigenvalue weighted by Gasteiger charge is 2.24. The van der Waals surface area contributed by atoms with Gasteiger partial charge in [-0.15, -0.1) is 0 Å². The molecule has 0 N–H and O–H groups in total. The molecule has 0 fully saturated rings. The molecule has 4 heteroatoms. The number of carbonyl (C=O) groups is 1. The lowest BCUT2D eigenvalue weighted by molar-refractivity contribution is -0.134. The van der Waals surface area contributed by atoms with Gasteiger partial charge in [0.1, 0.15) is 0 Å². The second-order valence-electron chi connectivity index (χ2n) is 4.30. The molecule has 90 valence electrons. The smallest absolute Gasteiger partial charge is 0.243 e. The monoisotopic (exact) mass is 294 g/mol. The SMILES string of the molecule is CC1=NN([C@H](C)c2ccc(Br)cc2)C(=O)CC1. The summed E-state index contributed by atoms with van der Waals surface area (Å²) >= 11 is 3.40. The number of amides is 1. The number of benzene rings is 1. The summed E-state index contributed by atoms with van der Waals surface area (Å²) in [6, 6.07) is 7.99. The maximum atomic E-state index is 11.8. The zero-order valence-electron chi connectivity index (χ0n) is 9.98. The summed E-state index contributed by atoms with van der Waals surface area (Å²) in [6.07, 6.45) is 1.35. The lowest BCUT2D eigenvalue weighted by Gasteiger charge is -2.28. The number of hydrogen-bond donors (Lipinski definition) is 0. The normalized spacial score (nSPS) is 17.9. The molecule has 0 saturated carbocycles. The molecule has 1 amide bonds. The van der Waals surface area contributed by atoms with Gasteiger partial charge in [-0.25, -0.2) is 5.01 Å². The highest BCUT2D eigenvalue weighted by atomic mass is 79.9. The Labute approximate surface area is 110 Å². The van der Waals surface area contributed by atoms with Crippen LogP contribution in [0.5, 0.6) is 0 Å². The van der Waals surface area contributed by atoms with Crippen molar-refractivity contribution in [3.63, 3.8) is 0 Å². The van der Waals surface area contributed by atoms with E-state index in [2.05, 4.69) is 21.0 Å². The summed E-state index contributed by atoms with van der Waals surface area (Å²) in [7, 11) is 0. The number of halogens is 1. The zero-order chi connectivity index (χ0) is 12.4. The maximum absolute atomic E-state index is 11.8. The number of hydrogen-bond acceptors (Lipinski definition) is 2. The molecule has 1 aromatic rings. The Balaban J connectivity index is 2.24. The van der Waals surface area contributed by atoms with Crippen molar-refractivity contribution in [2.45, 2.75) is 32.7 Å². The molecule has 0 saturated heterocycles. The predicted octanol–water partition coefficient (Wildman–Crippen LogP) is 3.51. The van der Waals surface area contributed by atoms with Crippen molar-refractivity contribution in [1.82, 2.24) is 5.01 Å². The van der Waals surface area contributed by atoms with Gasteiger partial charge in [0.2, 0.25) is 5.91 Å². The summed E-state index contributed by atoms with van der Waals surface area (Å²) in [5.74, 6) is 0.103. The molecule has 0 spiro atoms. The summed E-state index contributed by atoms with van der Waals surface area (Å²) in [4.78, 5) is 11.8. The fourth-order valence-electron chi connectivity index (χ4n) is 1.88. The van der Waals surface area contributed by atoms with Crippen molar-refractivity contribution in [2.24, 2.45) is 5.10 Å². The number of hydrazone groups is 1. The molecule has 1 atom stereocenters. The Morgan fingerprint density at radius 1 is 1.29 bits per heavy atom. The van der Waals surface area contributed by atoms with Crippen LogP contribution >= 0.6 is 15.9 Å². The average Bonchev–Trinajstić information content (AvgIpc) is 2.32. The predicted molar refractivity (Wildman–Crippen MR) is 71.7 cm³/mol. The molecule has 0 radical (unpaired) electrons. The maximum Gasteiger partial charge on any atom is 0.243 e. The Kier molecular flexibility index (Phi) is 3.62. The van der Waals surface area contributed by atoms with E-state index >= 15 is 0 Å². The van der Waals surface area contributed by atoms with Gasteiger partial charge in [0.05, 0.1) is 6.04 Å². The lowest BCUT2D eigenvalue weighted by atomic mass is 10.1. The van der Waals surface area contributed by atoms with E-state index in [9.17, 15) is 4.79 Å². The van der Waals surface area contributed by atoms with Crippen LogP contribution in [0.3, 0.4) is 0 Å².